The first-order valence-corrected chi connectivity index (χ1v) is 5.23. The zero-order chi connectivity index (χ0) is 9.84. The molecule has 1 heterocycles. The molecule has 1 rings (SSSR count). The maximum Gasteiger partial charge on any atom is 0.0667 e. The van der Waals surface area contributed by atoms with Crippen molar-refractivity contribution in [2.24, 2.45) is 0 Å². The van der Waals surface area contributed by atoms with Gasteiger partial charge in [-0.1, -0.05) is 6.92 Å². The van der Waals surface area contributed by atoms with Crippen LogP contribution in [0.1, 0.15) is 33.1 Å². The van der Waals surface area contributed by atoms with Crippen molar-refractivity contribution in [1.29, 1.82) is 0 Å². The molecule has 13 heavy (non-hydrogen) atoms. The Hall–Kier alpha value is -0.120. The highest BCUT2D eigenvalue weighted by molar-refractivity contribution is 4.79. The number of piperidine rings is 1. The predicted octanol–water partition coefficient (Wildman–Crippen LogP) is 0.602. The zero-order valence-corrected chi connectivity index (χ0v) is 8.61. The van der Waals surface area contributed by atoms with Gasteiger partial charge in [-0.05, 0) is 26.2 Å². The fraction of sp³-hybridized carbons (Fsp3) is 1.00. The lowest BCUT2D eigenvalue weighted by molar-refractivity contribution is 0.0119. The quantitative estimate of drug-likeness (QED) is 0.680. The largest absolute Gasteiger partial charge is 0.392 e. The van der Waals surface area contributed by atoms with Crippen LogP contribution in [0.4, 0.5) is 0 Å². The van der Waals surface area contributed by atoms with Gasteiger partial charge in [-0.3, -0.25) is 4.90 Å². The summed E-state index contributed by atoms with van der Waals surface area (Å²) in [5.41, 5.74) is 0. The Morgan fingerprint density at radius 3 is 2.77 bits per heavy atom. The van der Waals surface area contributed by atoms with Crippen molar-refractivity contribution in [3.05, 3.63) is 0 Å². The molecule has 0 unspecified atom stereocenters. The van der Waals surface area contributed by atoms with Crippen LogP contribution in [-0.2, 0) is 0 Å². The molecule has 0 amide bonds. The first kappa shape index (κ1) is 11.0. The third-order valence-electron chi connectivity index (χ3n) is 2.90. The average molecular weight is 187 g/mol. The molecule has 3 heteroatoms. The molecular formula is C10H21NO2. The summed E-state index contributed by atoms with van der Waals surface area (Å²) in [7, 11) is 0. The number of nitrogens with zero attached hydrogens (tertiary/aromatic N) is 1. The standard InChI is InChI=1S/C10H21NO2/c1-3-9(12)6-11-7-10(13)5-4-8(11)2/h8-10,12-13H,3-7H2,1-2H3/t8-,9-,10-/m0/s1. The van der Waals surface area contributed by atoms with E-state index in [1.165, 1.54) is 0 Å². The molecule has 3 atom stereocenters. The van der Waals surface area contributed by atoms with Gasteiger partial charge in [-0.2, -0.15) is 0 Å². The van der Waals surface area contributed by atoms with Gasteiger partial charge in [0.25, 0.3) is 0 Å². The highest BCUT2D eigenvalue weighted by Crippen LogP contribution is 2.17. The minimum atomic E-state index is -0.243. The maximum atomic E-state index is 9.49. The van der Waals surface area contributed by atoms with Gasteiger partial charge in [0, 0.05) is 19.1 Å². The molecule has 0 aromatic heterocycles. The normalized spacial score (nSPS) is 33.2. The highest BCUT2D eigenvalue weighted by Gasteiger charge is 2.24. The van der Waals surface area contributed by atoms with Gasteiger partial charge in [0.15, 0.2) is 0 Å². The Morgan fingerprint density at radius 1 is 1.46 bits per heavy atom. The molecule has 1 saturated heterocycles. The molecule has 0 radical (unpaired) electrons. The number of aliphatic hydroxyl groups excluding tert-OH is 2. The molecule has 0 aliphatic carbocycles. The molecule has 0 aromatic carbocycles. The minimum absolute atomic E-state index is 0.194. The van der Waals surface area contributed by atoms with Gasteiger partial charge < -0.3 is 10.2 Å². The van der Waals surface area contributed by atoms with E-state index in [4.69, 9.17) is 0 Å². The van der Waals surface area contributed by atoms with Crippen LogP contribution in [0, 0.1) is 0 Å². The van der Waals surface area contributed by atoms with E-state index in [1.54, 1.807) is 0 Å². The molecular weight excluding hydrogens is 166 g/mol. The van der Waals surface area contributed by atoms with E-state index >= 15 is 0 Å². The highest BCUT2D eigenvalue weighted by atomic mass is 16.3. The fourth-order valence-corrected chi connectivity index (χ4v) is 1.81. The van der Waals surface area contributed by atoms with Crippen molar-refractivity contribution in [3.63, 3.8) is 0 Å². The maximum absolute atomic E-state index is 9.49. The summed E-state index contributed by atoms with van der Waals surface area (Å²) in [4.78, 5) is 2.18. The lowest BCUT2D eigenvalue weighted by Crippen LogP contribution is -2.47. The number of hydrogen-bond donors (Lipinski definition) is 2. The molecule has 0 bridgehead atoms. The van der Waals surface area contributed by atoms with E-state index in [-0.39, 0.29) is 12.2 Å². The topological polar surface area (TPSA) is 43.7 Å². The van der Waals surface area contributed by atoms with E-state index in [9.17, 15) is 10.2 Å². The minimum Gasteiger partial charge on any atom is -0.392 e. The van der Waals surface area contributed by atoms with Crippen LogP contribution in [0.3, 0.4) is 0 Å². The van der Waals surface area contributed by atoms with Crippen LogP contribution >= 0.6 is 0 Å². The summed E-state index contributed by atoms with van der Waals surface area (Å²) in [6.45, 7) is 5.57. The second-order valence-corrected chi connectivity index (χ2v) is 4.10. The summed E-state index contributed by atoms with van der Waals surface area (Å²) in [6, 6.07) is 0.504. The van der Waals surface area contributed by atoms with Crippen molar-refractivity contribution in [2.75, 3.05) is 13.1 Å². The molecule has 2 N–H and O–H groups in total. The van der Waals surface area contributed by atoms with Gasteiger partial charge in [0.1, 0.15) is 0 Å². The molecule has 0 saturated carbocycles. The van der Waals surface area contributed by atoms with Crippen molar-refractivity contribution in [3.8, 4) is 0 Å². The molecule has 78 valence electrons. The summed E-state index contributed by atoms with van der Waals surface area (Å²) in [6.07, 6.45) is 2.30. The first-order valence-electron chi connectivity index (χ1n) is 5.23. The third kappa shape index (κ3) is 3.25. The Bertz CT molecular complexity index is 152. The van der Waals surface area contributed by atoms with Crippen LogP contribution in [-0.4, -0.2) is 46.5 Å². The second kappa shape index (κ2) is 4.94. The molecule has 0 aromatic rings. The van der Waals surface area contributed by atoms with Gasteiger partial charge in [0.05, 0.1) is 12.2 Å². The molecule has 1 fully saturated rings. The Morgan fingerprint density at radius 2 is 2.15 bits per heavy atom. The second-order valence-electron chi connectivity index (χ2n) is 4.10. The van der Waals surface area contributed by atoms with Crippen molar-refractivity contribution in [1.82, 2.24) is 4.90 Å². The number of aliphatic hydroxyl groups is 2. The van der Waals surface area contributed by atoms with Crippen molar-refractivity contribution >= 4 is 0 Å². The summed E-state index contributed by atoms with van der Waals surface area (Å²) >= 11 is 0. The van der Waals surface area contributed by atoms with E-state index in [2.05, 4.69) is 11.8 Å². The number of likely N-dealkylation sites (tertiary alicyclic amines) is 1. The lowest BCUT2D eigenvalue weighted by atomic mass is 10.0. The number of rotatable bonds is 3. The van der Waals surface area contributed by atoms with Crippen LogP contribution in [0.15, 0.2) is 0 Å². The van der Waals surface area contributed by atoms with Gasteiger partial charge in [-0.25, -0.2) is 0 Å². The molecule has 3 nitrogen and oxygen atoms in total. The van der Waals surface area contributed by atoms with Crippen molar-refractivity contribution < 1.29 is 10.2 Å². The fourth-order valence-electron chi connectivity index (χ4n) is 1.81. The van der Waals surface area contributed by atoms with Gasteiger partial charge in [-0.15, -0.1) is 0 Å². The van der Waals surface area contributed by atoms with Crippen LogP contribution in [0.5, 0.6) is 0 Å². The predicted molar refractivity (Wildman–Crippen MR) is 52.6 cm³/mol. The average Bonchev–Trinajstić information content (AvgIpc) is 2.11. The Balaban J connectivity index is 2.37. The lowest BCUT2D eigenvalue weighted by Gasteiger charge is -2.36. The summed E-state index contributed by atoms with van der Waals surface area (Å²) < 4.78 is 0. The third-order valence-corrected chi connectivity index (χ3v) is 2.90. The van der Waals surface area contributed by atoms with Gasteiger partial charge in [0.2, 0.25) is 0 Å². The van der Waals surface area contributed by atoms with E-state index < -0.39 is 0 Å². The molecule has 1 aliphatic rings. The zero-order valence-electron chi connectivity index (χ0n) is 8.61. The SMILES string of the molecule is CC[C@H](O)CN1C[C@@H](O)CC[C@@H]1C. The summed E-state index contributed by atoms with van der Waals surface area (Å²) in [5.74, 6) is 0. The number of hydrogen-bond acceptors (Lipinski definition) is 3. The van der Waals surface area contributed by atoms with Crippen LogP contribution in [0.25, 0.3) is 0 Å². The van der Waals surface area contributed by atoms with Crippen LogP contribution < -0.4 is 0 Å². The van der Waals surface area contributed by atoms with E-state index in [0.717, 1.165) is 25.8 Å². The van der Waals surface area contributed by atoms with Crippen LogP contribution in [0.2, 0.25) is 0 Å². The monoisotopic (exact) mass is 187 g/mol. The Kier molecular flexibility index (Phi) is 4.16. The molecule has 1 aliphatic heterocycles. The van der Waals surface area contributed by atoms with E-state index in [1.807, 2.05) is 6.92 Å². The number of β-amino-alcohol motifs (C(OH)–C–C–N with tert-alkyl or cyclic N) is 2. The van der Waals surface area contributed by atoms with Gasteiger partial charge >= 0.3 is 0 Å². The van der Waals surface area contributed by atoms with Crippen molar-refractivity contribution in [2.45, 2.75) is 51.4 Å². The summed E-state index contributed by atoms with van der Waals surface area (Å²) in [5, 5.41) is 19.0. The first-order chi connectivity index (χ1) is 6.13. The van der Waals surface area contributed by atoms with E-state index in [0.29, 0.717) is 12.6 Å². The Labute approximate surface area is 80.4 Å². The smallest absolute Gasteiger partial charge is 0.0667 e. The molecule has 0 spiro atoms.